The minimum atomic E-state index is -0.365. The van der Waals surface area contributed by atoms with Gasteiger partial charge in [0.05, 0.1) is 0 Å². The number of halogens is 2. The Bertz CT molecular complexity index is 373. The SMILES string of the molecule is CCNCC(CC)(CC)Cc1cc(F)ccc1F. The molecule has 102 valence electrons. The molecule has 0 aromatic heterocycles. The van der Waals surface area contributed by atoms with Crippen molar-refractivity contribution in [2.45, 2.75) is 40.0 Å². The Kier molecular flexibility index (Phi) is 5.73. The van der Waals surface area contributed by atoms with Gasteiger partial charge in [0, 0.05) is 6.54 Å². The van der Waals surface area contributed by atoms with Crippen LogP contribution in [0, 0.1) is 17.0 Å². The van der Waals surface area contributed by atoms with Crippen molar-refractivity contribution < 1.29 is 8.78 Å². The van der Waals surface area contributed by atoms with Gasteiger partial charge in [-0.05, 0) is 55.0 Å². The summed E-state index contributed by atoms with van der Waals surface area (Å²) in [5.74, 6) is -0.671. The summed E-state index contributed by atoms with van der Waals surface area (Å²) in [4.78, 5) is 0. The Morgan fingerprint density at radius 1 is 1.11 bits per heavy atom. The number of rotatable bonds is 7. The van der Waals surface area contributed by atoms with Crippen LogP contribution in [0.5, 0.6) is 0 Å². The standard InChI is InChI=1S/C15H23F2N/c1-4-15(5-2,11-18-6-3)10-12-9-13(16)7-8-14(12)17/h7-9,18H,4-6,10-11H2,1-3H3. The van der Waals surface area contributed by atoms with E-state index < -0.39 is 0 Å². The Hall–Kier alpha value is -0.960. The van der Waals surface area contributed by atoms with Crippen molar-refractivity contribution in [2.75, 3.05) is 13.1 Å². The molecule has 0 bridgehead atoms. The fourth-order valence-corrected chi connectivity index (χ4v) is 2.29. The fourth-order valence-electron chi connectivity index (χ4n) is 2.29. The first-order valence-corrected chi connectivity index (χ1v) is 6.71. The molecule has 0 spiro atoms. The van der Waals surface area contributed by atoms with E-state index in [-0.39, 0.29) is 17.0 Å². The van der Waals surface area contributed by atoms with Crippen molar-refractivity contribution in [1.82, 2.24) is 5.32 Å². The van der Waals surface area contributed by atoms with Gasteiger partial charge in [0.1, 0.15) is 11.6 Å². The molecule has 1 aromatic carbocycles. The zero-order chi connectivity index (χ0) is 13.6. The number of nitrogens with one attached hydrogen (secondary N) is 1. The molecule has 1 rings (SSSR count). The molecule has 0 atom stereocenters. The third kappa shape index (κ3) is 3.77. The van der Waals surface area contributed by atoms with E-state index in [0.717, 1.165) is 25.9 Å². The van der Waals surface area contributed by atoms with Gasteiger partial charge in [-0.1, -0.05) is 20.8 Å². The van der Waals surface area contributed by atoms with Crippen LogP contribution in [0.1, 0.15) is 39.2 Å². The Balaban J connectivity index is 2.91. The molecule has 0 heterocycles. The minimum Gasteiger partial charge on any atom is -0.316 e. The van der Waals surface area contributed by atoms with Crippen LogP contribution in [0.15, 0.2) is 18.2 Å². The lowest BCUT2D eigenvalue weighted by Crippen LogP contribution is -2.35. The molecule has 0 radical (unpaired) electrons. The Morgan fingerprint density at radius 2 is 1.78 bits per heavy atom. The lowest BCUT2D eigenvalue weighted by molar-refractivity contribution is 0.245. The lowest BCUT2D eigenvalue weighted by Gasteiger charge is -2.32. The number of hydrogen-bond acceptors (Lipinski definition) is 1. The molecule has 0 aliphatic rings. The highest BCUT2D eigenvalue weighted by molar-refractivity contribution is 5.20. The monoisotopic (exact) mass is 255 g/mol. The van der Waals surface area contributed by atoms with Crippen molar-refractivity contribution in [2.24, 2.45) is 5.41 Å². The predicted octanol–water partition coefficient (Wildman–Crippen LogP) is 3.92. The summed E-state index contributed by atoms with van der Waals surface area (Å²) in [6, 6.07) is 3.71. The third-order valence-electron chi connectivity index (χ3n) is 3.82. The maximum atomic E-state index is 13.7. The third-order valence-corrected chi connectivity index (χ3v) is 3.82. The zero-order valence-electron chi connectivity index (χ0n) is 11.5. The van der Waals surface area contributed by atoms with E-state index in [4.69, 9.17) is 0 Å². The van der Waals surface area contributed by atoms with Gasteiger partial charge >= 0.3 is 0 Å². The topological polar surface area (TPSA) is 12.0 Å². The summed E-state index contributed by atoms with van der Waals surface area (Å²) in [7, 11) is 0. The second-order valence-corrected chi connectivity index (χ2v) is 4.90. The lowest BCUT2D eigenvalue weighted by atomic mass is 9.76. The molecule has 18 heavy (non-hydrogen) atoms. The van der Waals surface area contributed by atoms with E-state index in [1.165, 1.54) is 18.2 Å². The molecule has 1 N–H and O–H groups in total. The van der Waals surface area contributed by atoms with Gasteiger partial charge in [-0.15, -0.1) is 0 Å². The number of benzene rings is 1. The number of hydrogen-bond donors (Lipinski definition) is 1. The van der Waals surface area contributed by atoms with Gasteiger partial charge in [-0.25, -0.2) is 8.78 Å². The summed E-state index contributed by atoms with van der Waals surface area (Å²) in [5, 5.41) is 3.33. The van der Waals surface area contributed by atoms with Gasteiger partial charge in [-0.2, -0.15) is 0 Å². The van der Waals surface area contributed by atoms with Crippen LogP contribution in [0.4, 0.5) is 8.78 Å². The van der Waals surface area contributed by atoms with Crippen LogP contribution in [0.3, 0.4) is 0 Å². The van der Waals surface area contributed by atoms with Gasteiger partial charge in [0.2, 0.25) is 0 Å². The van der Waals surface area contributed by atoms with Crippen LogP contribution in [0.25, 0.3) is 0 Å². The van der Waals surface area contributed by atoms with Gasteiger partial charge in [0.15, 0.2) is 0 Å². The molecular weight excluding hydrogens is 232 g/mol. The summed E-state index contributed by atoms with van der Waals surface area (Å²) in [6.45, 7) is 8.01. The van der Waals surface area contributed by atoms with Crippen LogP contribution < -0.4 is 5.32 Å². The maximum Gasteiger partial charge on any atom is 0.126 e. The Labute approximate surface area is 109 Å². The fraction of sp³-hybridized carbons (Fsp3) is 0.600. The van der Waals surface area contributed by atoms with Crippen LogP contribution in [0.2, 0.25) is 0 Å². The smallest absolute Gasteiger partial charge is 0.126 e. The van der Waals surface area contributed by atoms with Crippen molar-refractivity contribution in [1.29, 1.82) is 0 Å². The molecule has 0 amide bonds. The van der Waals surface area contributed by atoms with E-state index >= 15 is 0 Å². The minimum absolute atomic E-state index is 0.00461. The highest BCUT2D eigenvalue weighted by atomic mass is 19.1. The molecule has 0 aliphatic carbocycles. The van der Waals surface area contributed by atoms with Gasteiger partial charge < -0.3 is 5.32 Å². The van der Waals surface area contributed by atoms with Crippen molar-refractivity contribution in [3.05, 3.63) is 35.4 Å². The van der Waals surface area contributed by atoms with Crippen molar-refractivity contribution in [3.63, 3.8) is 0 Å². The van der Waals surface area contributed by atoms with Crippen molar-refractivity contribution >= 4 is 0 Å². The van der Waals surface area contributed by atoms with E-state index in [1.54, 1.807) is 0 Å². The van der Waals surface area contributed by atoms with E-state index in [2.05, 4.69) is 26.1 Å². The second kappa shape index (κ2) is 6.83. The van der Waals surface area contributed by atoms with Crippen LogP contribution in [-0.2, 0) is 6.42 Å². The summed E-state index contributed by atoms with van der Waals surface area (Å²) in [6.07, 6.45) is 2.48. The predicted molar refractivity (Wildman–Crippen MR) is 71.6 cm³/mol. The highest BCUT2D eigenvalue weighted by Gasteiger charge is 2.27. The van der Waals surface area contributed by atoms with Gasteiger partial charge in [-0.3, -0.25) is 0 Å². The molecule has 1 nitrogen and oxygen atoms in total. The van der Waals surface area contributed by atoms with E-state index in [1.807, 2.05) is 0 Å². The molecule has 3 heteroatoms. The normalized spacial score (nSPS) is 11.8. The van der Waals surface area contributed by atoms with E-state index in [0.29, 0.717) is 12.0 Å². The molecule has 1 aromatic rings. The van der Waals surface area contributed by atoms with Crippen molar-refractivity contribution in [3.8, 4) is 0 Å². The summed E-state index contributed by atoms with van der Waals surface area (Å²) < 4.78 is 26.9. The maximum absolute atomic E-state index is 13.7. The summed E-state index contributed by atoms with van der Waals surface area (Å²) in [5.41, 5.74) is 0.488. The molecule has 0 saturated carbocycles. The Morgan fingerprint density at radius 3 is 2.33 bits per heavy atom. The first-order valence-electron chi connectivity index (χ1n) is 6.71. The van der Waals surface area contributed by atoms with Crippen LogP contribution >= 0.6 is 0 Å². The van der Waals surface area contributed by atoms with Crippen LogP contribution in [-0.4, -0.2) is 13.1 Å². The van der Waals surface area contributed by atoms with Gasteiger partial charge in [0.25, 0.3) is 0 Å². The van der Waals surface area contributed by atoms with E-state index in [9.17, 15) is 8.78 Å². The average Bonchev–Trinajstić information content (AvgIpc) is 2.39. The molecule has 0 saturated heterocycles. The largest absolute Gasteiger partial charge is 0.316 e. The highest BCUT2D eigenvalue weighted by Crippen LogP contribution is 2.31. The second-order valence-electron chi connectivity index (χ2n) is 4.90. The molecule has 0 fully saturated rings. The first-order chi connectivity index (χ1) is 8.56. The molecule has 0 aliphatic heterocycles. The average molecular weight is 255 g/mol. The zero-order valence-corrected chi connectivity index (χ0v) is 11.5. The first kappa shape index (κ1) is 15.1. The molecular formula is C15H23F2N. The summed E-state index contributed by atoms with van der Waals surface area (Å²) >= 11 is 0. The quantitative estimate of drug-likeness (QED) is 0.778. The molecule has 0 unspecified atom stereocenters.